The number of hydrogen-bond donors (Lipinski definition) is 1. The maximum Gasteiger partial charge on any atom is 0.272 e. The van der Waals surface area contributed by atoms with Gasteiger partial charge in [-0.15, -0.1) is 0 Å². The highest BCUT2D eigenvalue weighted by molar-refractivity contribution is 6.30. The second-order valence-electron chi connectivity index (χ2n) is 6.29. The van der Waals surface area contributed by atoms with E-state index < -0.39 is 5.60 Å². The van der Waals surface area contributed by atoms with Gasteiger partial charge >= 0.3 is 0 Å². The second-order valence-corrected chi connectivity index (χ2v) is 6.72. The van der Waals surface area contributed by atoms with Crippen molar-refractivity contribution in [2.75, 3.05) is 13.1 Å². The summed E-state index contributed by atoms with van der Waals surface area (Å²) >= 11 is 5.81. The Balaban J connectivity index is 1.77. The third kappa shape index (κ3) is 2.67. The van der Waals surface area contributed by atoms with E-state index in [1.54, 1.807) is 12.1 Å². The fourth-order valence-electron chi connectivity index (χ4n) is 3.90. The summed E-state index contributed by atoms with van der Waals surface area (Å²) in [5.41, 5.74) is -0.177. The summed E-state index contributed by atoms with van der Waals surface area (Å²) in [4.78, 5) is 18.5. The van der Waals surface area contributed by atoms with Crippen molar-refractivity contribution in [3.63, 3.8) is 0 Å². The largest absolute Gasteiger partial charge is 0.390 e. The molecule has 4 nitrogen and oxygen atoms in total. The molecule has 1 amide bonds. The van der Waals surface area contributed by atoms with Gasteiger partial charge in [0.15, 0.2) is 0 Å². The molecule has 21 heavy (non-hydrogen) atoms. The van der Waals surface area contributed by atoms with Crippen molar-refractivity contribution >= 4 is 17.5 Å². The van der Waals surface area contributed by atoms with Crippen molar-refractivity contribution in [2.45, 2.75) is 38.2 Å². The molecule has 0 spiro atoms. The second kappa shape index (κ2) is 5.58. The predicted molar refractivity (Wildman–Crippen MR) is 81.2 cm³/mol. The standard InChI is InChI=1S/C16H21ClN2O2/c1-2-16(21)7-3-4-11-9-19(10-13(11)16)15(20)14-6-5-12(17)8-18-14/h5-6,8,11,13,21H,2-4,7,9-10H2,1H3/t11-,13+,16-/m0/s1. The van der Waals surface area contributed by atoms with Crippen molar-refractivity contribution < 1.29 is 9.90 Å². The summed E-state index contributed by atoms with van der Waals surface area (Å²) in [5.74, 6) is 0.562. The topological polar surface area (TPSA) is 53.4 Å². The Labute approximate surface area is 130 Å². The van der Waals surface area contributed by atoms with E-state index in [4.69, 9.17) is 11.6 Å². The van der Waals surface area contributed by atoms with Crippen molar-refractivity contribution in [3.8, 4) is 0 Å². The van der Waals surface area contributed by atoms with Gasteiger partial charge in [-0.05, 0) is 37.3 Å². The minimum Gasteiger partial charge on any atom is -0.390 e. The highest BCUT2D eigenvalue weighted by Crippen LogP contribution is 2.44. The SMILES string of the molecule is CC[C@]1(O)CCC[C@H]2CN(C(=O)c3ccc(Cl)cn3)C[C@H]21. The Kier molecular flexibility index (Phi) is 3.93. The van der Waals surface area contributed by atoms with E-state index in [2.05, 4.69) is 4.98 Å². The molecule has 0 aromatic carbocycles. The van der Waals surface area contributed by atoms with Gasteiger partial charge in [0.1, 0.15) is 5.69 Å². The van der Waals surface area contributed by atoms with Crippen LogP contribution in [0.5, 0.6) is 0 Å². The van der Waals surface area contributed by atoms with Crippen molar-refractivity contribution in [3.05, 3.63) is 29.0 Å². The van der Waals surface area contributed by atoms with E-state index in [1.807, 2.05) is 11.8 Å². The van der Waals surface area contributed by atoms with Gasteiger partial charge in [-0.25, -0.2) is 4.98 Å². The maximum atomic E-state index is 12.5. The average Bonchev–Trinajstić information content (AvgIpc) is 2.93. The molecule has 1 saturated heterocycles. The normalized spacial score (nSPS) is 32.0. The quantitative estimate of drug-likeness (QED) is 0.914. The van der Waals surface area contributed by atoms with E-state index in [9.17, 15) is 9.90 Å². The summed E-state index contributed by atoms with van der Waals surface area (Å²) in [6, 6.07) is 3.35. The number of likely N-dealkylation sites (tertiary alicyclic amines) is 1. The first-order valence-corrected chi connectivity index (χ1v) is 8.04. The molecular formula is C16H21ClN2O2. The van der Waals surface area contributed by atoms with Crippen molar-refractivity contribution in [2.24, 2.45) is 11.8 Å². The lowest BCUT2D eigenvalue weighted by Gasteiger charge is -2.40. The zero-order valence-corrected chi connectivity index (χ0v) is 13.0. The number of aromatic nitrogens is 1. The highest BCUT2D eigenvalue weighted by Gasteiger charge is 2.48. The van der Waals surface area contributed by atoms with Crippen LogP contribution in [-0.4, -0.2) is 39.6 Å². The Morgan fingerprint density at radius 1 is 1.52 bits per heavy atom. The Morgan fingerprint density at radius 3 is 3.00 bits per heavy atom. The summed E-state index contributed by atoms with van der Waals surface area (Å²) < 4.78 is 0. The number of hydrogen-bond acceptors (Lipinski definition) is 3. The zero-order valence-electron chi connectivity index (χ0n) is 12.3. The van der Waals surface area contributed by atoms with Crippen molar-refractivity contribution in [1.29, 1.82) is 0 Å². The number of amides is 1. The Morgan fingerprint density at radius 2 is 2.33 bits per heavy atom. The fourth-order valence-corrected chi connectivity index (χ4v) is 4.01. The number of halogens is 1. The average molecular weight is 309 g/mol. The molecule has 2 heterocycles. The smallest absolute Gasteiger partial charge is 0.272 e. The van der Waals surface area contributed by atoms with Crippen LogP contribution in [0, 0.1) is 11.8 Å². The van der Waals surface area contributed by atoms with Crippen LogP contribution in [0.15, 0.2) is 18.3 Å². The third-order valence-corrected chi connectivity index (χ3v) is 5.39. The van der Waals surface area contributed by atoms with Crippen LogP contribution in [0.4, 0.5) is 0 Å². The minimum absolute atomic E-state index is 0.0560. The van der Waals surface area contributed by atoms with E-state index in [1.165, 1.54) is 6.20 Å². The van der Waals surface area contributed by atoms with Crippen LogP contribution in [0.25, 0.3) is 0 Å². The van der Waals surface area contributed by atoms with Gasteiger partial charge in [-0.2, -0.15) is 0 Å². The highest BCUT2D eigenvalue weighted by atomic mass is 35.5. The van der Waals surface area contributed by atoms with Gasteiger partial charge in [0.25, 0.3) is 5.91 Å². The molecule has 2 aliphatic rings. The lowest BCUT2D eigenvalue weighted by molar-refractivity contribution is -0.0609. The molecule has 0 bridgehead atoms. The molecule has 0 radical (unpaired) electrons. The van der Waals surface area contributed by atoms with E-state index in [0.29, 0.717) is 23.2 Å². The number of aliphatic hydroxyl groups is 1. The third-order valence-electron chi connectivity index (χ3n) is 5.16. The van der Waals surface area contributed by atoms with Crippen LogP contribution in [-0.2, 0) is 0 Å². The molecule has 1 aliphatic heterocycles. The number of carbonyl (C=O) groups is 1. The molecule has 1 saturated carbocycles. The lowest BCUT2D eigenvalue weighted by atomic mass is 9.69. The monoisotopic (exact) mass is 308 g/mol. The number of fused-ring (bicyclic) bond motifs is 1. The predicted octanol–water partition coefficient (Wildman–Crippen LogP) is 2.75. The van der Waals surface area contributed by atoms with Gasteiger partial charge in [0.05, 0.1) is 10.6 Å². The van der Waals surface area contributed by atoms with Crippen LogP contribution < -0.4 is 0 Å². The molecule has 1 aliphatic carbocycles. The molecule has 114 valence electrons. The van der Waals surface area contributed by atoms with E-state index in [-0.39, 0.29) is 11.8 Å². The van der Waals surface area contributed by atoms with Gasteiger partial charge < -0.3 is 10.0 Å². The molecule has 1 N–H and O–H groups in total. The number of pyridine rings is 1. The van der Waals surface area contributed by atoms with E-state index >= 15 is 0 Å². The Bertz CT molecular complexity index is 534. The molecule has 1 aromatic rings. The molecule has 3 atom stereocenters. The van der Waals surface area contributed by atoms with Crippen LogP contribution >= 0.6 is 11.6 Å². The summed E-state index contributed by atoms with van der Waals surface area (Å²) in [6.45, 7) is 3.40. The summed E-state index contributed by atoms with van der Waals surface area (Å²) in [5, 5.41) is 11.3. The first-order valence-electron chi connectivity index (χ1n) is 7.66. The van der Waals surface area contributed by atoms with Gasteiger partial charge in [0.2, 0.25) is 0 Å². The first kappa shape index (κ1) is 14.8. The zero-order chi connectivity index (χ0) is 15.0. The Hall–Kier alpha value is -1.13. The maximum absolute atomic E-state index is 12.5. The first-order chi connectivity index (χ1) is 10.0. The molecule has 3 rings (SSSR count). The molecule has 0 unspecified atom stereocenters. The van der Waals surface area contributed by atoms with Crippen LogP contribution in [0.1, 0.15) is 43.1 Å². The lowest BCUT2D eigenvalue weighted by Crippen LogP contribution is -2.44. The number of carbonyl (C=O) groups excluding carboxylic acids is 1. The van der Waals surface area contributed by atoms with Gasteiger partial charge in [-0.1, -0.05) is 24.9 Å². The van der Waals surface area contributed by atoms with Gasteiger partial charge in [-0.3, -0.25) is 4.79 Å². The van der Waals surface area contributed by atoms with Crippen LogP contribution in [0.2, 0.25) is 5.02 Å². The van der Waals surface area contributed by atoms with E-state index in [0.717, 1.165) is 32.2 Å². The fraction of sp³-hybridized carbons (Fsp3) is 0.625. The summed E-state index contributed by atoms with van der Waals surface area (Å²) in [6.07, 6.45) is 5.26. The number of rotatable bonds is 2. The summed E-state index contributed by atoms with van der Waals surface area (Å²) in [7, 11) is 0. The molecule has 5 heteroatoms. The molecule has 2 fully saturated rings. The molecular weight excluding hydrogens is 288 g/mol. The van der Waals surface area contributed by atoms with Crippen molar-refractivity contribution in [1.82, 2.24) is 9.88 Å². The minimum atomic E-state index is -0.606. The number of nitrogens with zero attached hydrogens (tertiary/aromatic N) is 2. The van der Waals surface area contributed by atoms with Gasteiger partial charge in [0, 0.05) is 25.2 Å². The molecule has 1 aromatic heterocycles. The van der Waals surface area contributed by atoms with Crippen LogP contribution in [0.3, 0.4) is 0 Å².